The van der Waals surface area contributed by atoms with E-state index < -0.39 is 12.0 Å². The van der Waals surface area contributed by atoms with Crippen LogP contribution >= 0.6 is 0 Å². The van der Waals surface area contributed by atoms with Gasteiger partial charge in [-0.1, -0.05) is 19.8 Å². The molecule has 0 saturated carbocycles. The number of rotatable bonds is 9. The first kappa shape index (κ1) is 15.4. The van der Waals surface area contributed by atoms with E-state index in [0.717, 1.165) is 13.0 Å². The van der Waals surface area contributed by atoms with Crippen LogP contribution in [0.2, 0.25) is 0 Å². The highest BCUT2D eigenvalue weighted by Crippen LogP contribution is 2.04. The fraction of sp³-hybridized carbons (Fsp3) is 0.917. The molecule has 0 aliphatic carbocycles. The lowest BCUT2D eigenvalue weighted by Crippen LogP contribution is -2.47. The van der Waals surface area contributed by atoms with E-state index in [1.54, 1.807) is 7.05 Å². The molecule has 2 N–H and O–H groups in total. The summed E-state index contributed by atoms with van der Waals surface area (Å²) in [5, 5.41) is 11.8. The number of hydrogen-bond donors (Lipinski definition) is 2. The molecule has 0 aliphatic rings. The summed E-state index contributed by atoms with van der Waals surface area (Å²) in [6.45, 7) is 7.96. The van der Waals surface area contributed by atoms with Gasteiger partial charge in [-0.05, 0) is 33.9 Å². The van der Waals surface area contributed by atoms with Crippen LogP contribution in [0.5, 0.6) is 0 Å². The largest absolute Gasteiger partial charge is 0.480 e. The van der Waals surface area contributed by atoms with E-state index in [2.05, 4.69) is 31.0 Å². The minimum absolute atomic E-state index is 0.395. The first-order chi connectivity index (χ1) is 7.52. The number of nitrogens with one attached hydrogen (secondary N) is 1. The van der Waals surface area contributed by atoms with Crippen molar-refractivity contribution in [3.05, 3.63) is 0 Å². The van der Waals surface area contributed by atoms with Crippen molar-refractivity contribution in [1.29, 1.82) is 0 Å². The molecular weight excluding hydrogens is 204 g/mol. The van der Waals surface area contributed by atoms with Crippen molar-refractivity contribution in [2.75, 3.05) is 20.1 Å². The van der Waals surface area contributed by atoms with E-state index >= 15 is 0 Å². The monoisotopic (exact) mass is 230 g/mol. The van der Waals surface area contributed by atoms with Gasteiger partial charge in [0.15, 0.2) is 0 Å². The van der Waals surface area contributed by atoms with Gasteiger partial charge in [0.1, 0.15) is 6.04 Å². The van der Waals surface area contributed by atoms with Crippen LogP contribution in [0.4, 0.5) is 0 Å². The minimum Gasteiger partial charge on any atom is -0.480 e. The van der Waals surface area contributed by atoms with Gasteiger partial charge in [-0.3, -0.25) is 9.69 Å². The first-order valence-electron chi connectivity index (χ1n) is 6.17. The minimum atomic E-state index is -0.774. The van der Waals surface area contributed by atoms with Crippen LogP contribution in [-0.2, 0) is 4.79 Å². The number of nitrogens with zero attached hydrogens (tertiary/aromatic N) is 1. The molecule has 1 atom stereocenters. The van der Waals surface area contributed by atoms with E-state index in [-0.39, 0.29) is 0 Å². The van der Waals surface area contributed by atoms with E-state index in [9.17, 15) is 4.79 Å². The van der Waals surface area contributed by atoms with E-state index in [0.29, 0.717) is 12.6 Å². The molecule has 0 spiro atoms. The number of unbranched alkanes of at least 4 members (excludes halogenated alkanes) is 2. The molecular formula is C12H26N2O2. The van der Waals surface area contributed by atoms with Crippen LogP contribution in [0.1, 0.15) is 40.0 Å². The normalized spacial score (nSPS) is 13.4. The maximum atomic E-state index is 10.9. The summed E-state index contributed by atoms with van der Waals surface area (Å²) >= 11 is 0. The standard InChI is InChI=1S/C12H26N2O2/c1-5-6-7-8-14(10(2)3)9-11(13-4)12(15)16/h10-11,13H,5-9H2,1-4H3,(H,15,16). The Kier molecular flexibility index (Phi) is 8.21. The zero-order valence-corrected chi connectivity index (χ0v) is 11.0. The molecule has 0 aromatic rings. The van der Waals surface area contributed by atoms with Crippen LogP contribution in [0.15, 0.2) is 0 Å². The molecule has 0 aromatic heterocycles. The Morgan fingerprint density at radius 1 is 1.38 bits per heavy atom. The predicted molar refractivity (Wildman–Crippen MR) is 66.7 cm³/mol. The maximum absolute atomic E-state index is 10.9. The Morgan fingerprint density at radius 3 is 2.38 bits per heavy atom. The molecule has 0 aromatic carbocycles. The Morgan fingerprint density at radius 2 is 2.00 bits per heavy atom. The van der Waals surface area contributed by atoms with Gasteiger partial charge < -0.3 is 10.4 Å². The summed E-state index contributed by atoms with van der Waals surface area (Å²) in [7, 11) is 1.70. The van der Waals surface area contributed by atoms with Crippen LogP contribution in [0.25, 0.3) is 0 Å². The lowest BCUT2D eigenvalue weighted by atomic mass is 10.2. The molecule has 0 rings (SSSR count). The van der Waals surface area contributed by atoms with Crippen LogP contribution in [0.3, 0.4) is 0 Å². The summed E-state index contributed by atoms with van der Waals surface area (Å²) in [4.78, 5) is 13.2. The van der Waals surface area contributed by atoms with E-state index in [1.807, 2.05) is 0 Å². The van der Waals surface area contributed by atoms with Gasteiger partial charge >= 0.3 is 5.97 Å². The van der Waals surface area contributed by atoms with Crippen molar-refractivity contribution in [2.45, 2.75) is 52.1 Å². The quantitative estimate of drug-likeness (QED) is 0.590. The number of aliphatic carboxylic acids is 1. The van der Waals surface area contributed by atoms with Crippen molar-refractivity contribution < 1.29 is 9.90 Å². The molecule has 0 heterocycles. The van der Waals surface area contributed by atoms with Crippen LogP contribution < -0.4 is 5.32 Å². The third-order valence-electron chi connectivity index (χ3n) is 2.84. The van der Waals surface area contributed by atoms with Crippen LogP contribution in [-0.4, -0.2) is 48.2 Å². The second-order valence-corrected chi connectivity index (χ2v) is 4.48. The zero-order chi connectivity index (χ0) is 12.6. The zero-order valence-electron chi connectivity index (χ0n) is 11.0. The number of carboxylic acids is 1. The summed E-state index contributed by atoms with van der Waals surface area (Å²) < 4.78 is 0. The fourth-order valence-corrected chi connectivity index (χ4v) is 1.65. The maximum Gasteiger partial charge on any atom is 0.322 e. The van der Waals surface area contributed by atoms with Gasteiger partial charge in [-0.2, -0.15) is 0 Å². The Labute approximate surface area is 99.0 Å². The van der Waals surface area contributed by atoms with Gasteiger partial charge in [0.25, 0.3) is 0 Å². The molecule has 0 saturated heterocycles. The molecule has 0 amide bonds. The molecule has 0 fully saturated rings. The van der Waals surface area contributed by atoms with Gasteiger partial charge in [0.05, 0.1) is 0 Å². The van der Waals surface area contributed by atoms with Gasteiger partial charge in [0.2, 0.25) is 0 Å². The molecule has 96 valence electrons. The molecule has 0 aliphatic heterocycles. The average Bonchev–Trinajstić information content (AvgIpc) is 2.22. The summed E-state index contributed by atoms with van der Waals surface area (Å²) in [6, 6.07) is -0.0731. The SMILES string of the molecule is CCCCCN(CC(NC)C(=O)O)C(C)C. The van der Waals surface area contributed by atoms with Crippen molar-refractivity contribution in [3.63, 3.8) is 0 Å². The van der Waals surface area contributed by atoms with Crippen molar-refractivity contribution in [1.82, 2.24) is 10.2 Å². The Bertz CT molecular complexity index is 195. The van der Waals surface area contributed by atoms with Crippen molar-refractivity contribution >= 4 is 5.97 Å². The molecule has 4 nitrogen and oxygen atoms in total. The first-order valence-corrected chi connectivity index (χ1v) is 6.17. The van der Waals surface area contributed by atoms with Crippen molar-refractivity contribution in [3.8, 4) is 0 Å². The highest BCUT2D eigenvalue weighted by atomic mass is 16.4. The number of likely N-dealkylation sites (N-methyl/N-ethyl adjacent to an activating group) is 1. The Balaban J connectivity index is 4.15. The summed E-state index contributed by atoms with van der Waals surface area (Å²) in [5.41, 5.74) is 0. The average molecular weight is 230 g/mol. The second kappa shape index (κ2) is 8.53. The van der Waals surface area contributed by atoms with Gasteiger partial charge in [0, 0.05) is 12.6 Å². The highest BCUT2D eigenvalue weighted by molar-refractivity contribution is 5.73. The number of carboxylic acid groups (broad SMARTS) is 1. The third kappa shape index (κ3) is 6.08. The lowest BCUT2D eigenvalue weighted by Gasteiger charge is -2.29. The molecule has 0 bridgehead atoms. The van der Waals surface area contributed by atoms with Gasteiger partial charge in [-0.15, -0.1) is 0 Å². The lowest BCUT2D eigenvalue weighted by molar-refractivity contribution is -0.140. The van der Waals surface area contributed by atoms with E-state index in [1.165, 1.54) is 12.8 Å². The van der Waals surface area contributed by atoms with E-state index in [4.69, 9.17) is 5.11 Å². The number of hydrogen-bond acceptors (Lipinski definition) is 3. The smallest absolute Gasteiger partial charge is 0.322 e. The fourth-order valence-electron chi connectivity index (χ4n) is 1.65. The predicted octanol–water partition coefficient (Wildman–Crippen LogP) is 1.56. The molecule has 1 unspecified atom stereocenters. The molecule has 4 heteroatoms. The Hall–Kier alpha value is -0.610. The number of carbonyl (C=O) groups is 1. The van der Waals surface area contributed by atoms with Crippen LogP contribution in [0, 0.1) is 0 Å². The van der Waals surface area contributed by atoms with Crippen molar-refractivity contribution in [2.24, 2.45) is 0 Å². The topological polar surface area (TPSA) is 52.6 Å². The van der Waals surface area contributed by atoms with Gasteiger partial charge in [-0.25, -0.2) is 0 Å². The molecule has 16 heavy (non-hydrogen) atoms. The summed E-state index contributed by atoms with van der Waals surface area (Å²) in [6.07, 6.45) is 3.55. The third-order valence-corrected chi connectivity index (χ3v) is 2.84. The highest BCUT2D eigenvalue weighted by Gasteiger charge is 2.20. The second-order valence-electron chi connectivity index (χ2n) is 4.48. The summed E-state index contributed by atoms with van der Waals surface area (Å²) in [5.74, 6) is -0.774. The molecule has 0 radical (unpaired) electrons.